The summed E-state index contributed by atoms with van der Waals surface area (Å²) in [6, 6.07) is -0.134. The minimum atomic E-state index is -3.05. The summed E-state index contributed by atoms with van der Waals surface area (Å²) in [7, 11) is 0. The average Bonchev–Trinajstić information content (AvgIpc) is 2.95. The van der Waals surface area contributed by atoms with E-state index in [1.165, 1.54) is 0 Å². The van der Waals surface area contributed by atoms with Crippen LogP contribution in [0.4, 0.5) is 4.39 Å². The molecule has 0 spiro atoms. The second-order valence-corrected chi connectivity index (χ2v) is 8.13. The lowest BCUT2D eigenvalue weighted by Gasteiger charge is -2.24. The maximum atomic E-state index is 15.2. The molecule has 1 saturated heterocycles. The molecule has 2 heterocycles. The summed E-state index contributed by atoms with van der Waals surface area (Å²) in [6.45, 7) is 4.60. The molecule has 2 rings (SSSR count). The van der Waals surface area contributed by atoms with E-state index in [0.29, 0.717) is 9.13 Å². The lowest BCUT2D eigenvalue weighted by molar-refractivity contribution is -0.217. The molecule has 12 nitrogen and oxygen atoms in total. The van der Waals surface area contributed by atoms with Gasteiger partial charge in [-0.05, 0) is 5.92 Å². The normalized spacial score (nSPS) is 26.4. The lowest BCUT2D eigenvalue weighted by atomic mass is 10.1. The van der Waals surface area contributed by atoms with Crippen LogP contribution in [0.3, 0.4) is 0 Å². The molecule has 13 heteroatoms. The van der Waals surface area contributed by atoms with E-state index in [1.54, 1.807) is 27.7 Å². The number of halogens is 1. The maximum absolute atomic E-state index is 15.2. The van der Waals surface area contributed by atoms with Gasteiger partial charge in [0.2, 0.25) is 0 Å². The van der Waals surface area contributed by atoms with Crippen LogP contribution in [0.25, 0.3) is 0 Å². The van der Waals surface area contributed by atoms with Crippen LogP contribution in [0.1, 0.15) is 33.9 Å². The van der Waals surface area contributed by atoms with Crippen LogP contribution in [-0.4, -0.2) is 62.0 Å². The average molecular weight is 461 g/mol. The number of ether oxygens (including phenoxy) is 3. The van der Waals surface area contributed by atoms with E-state index >= 15 is 4.39 Å². The Balaban J connectivity index is 2.24. The molecule has 0 bridgehead atoms. The van der Waals surface area contributed by atoms with Crippen molar-refractivity contribution in [3.63, 3.8) is 0 Å². The van der Waals surface area contributed by atoms with Crippen molar-refractivity contribution in [2.45, 2.75) is 64.8 Å². The fourth-order valence-corrected chi connectivity index (χ4v) is 2.77. The van der Waals surface area contributed by atoms with Gasteiger partial charge in [0.25, 0.3) is 11.4 Å². The third kappa shape index (κ3) is 5.23. The molecule has 0 amide bonds. The maximum Gasteiger partial charge on any atom is 0.335 e. The smallest absolute Gasteiger partial charge is 0.335 e. The molecule has 1 aromatic heterocycles. The predicted molar refractivity (Wildman–Crippen MR) is 106 cm³/mol. The highest BCUT2D eigenvalue weighted by molar-refractivity contribution is 5.75. The van der Waals surface area contributed by atoms with E-state index in [4.69, 9.17) is 19.9 Å². The number of nitrogens with two attached hydrogens (primary N) is 1. The third-order valence-corrected chi connectivity index (χ3v) is 4.95. The number of carbonyl (C=O) groups is 2. The summed E-state index contributed by atoms with van der Waals surface area (Å²) in [5.41, 5.74) is 3.71. The van der Waals surface area contributed by atoms with Gasteiger partial charge < -0.3 is 30.2 Å². The van der Waals surface area contributed by atoms with Crippen LogP contribution >= 0.6 is 0 Å². The summed E-state index contributed by atoms with van der Waals surface area (Å²) >= 11 is 0. The fraction of sp³-hybridized carbons (Fsp3) is 0.684. The zero-order valence-corrected chi connectivity index (χ0v) is 18.1. The summed E-state index contributed by atoms with van der Waals surface area (Å²) in [6.07, 6.45) is -4.99. The summed E-state index contributed by atoms with van der Waals surface area (Å²) in [5, 5.41) is 20.4. The van der Waals surface area contributed by atoms with Crippen molar-refractivity contribution >= 4 is 11.9 Å². The van der Waals surface area contributed by atoms with Crippen molar-refractivity contribution < 1.29 is 38.4 Å². The number of carbonyl (C=O) groups excluding carboxylic acids is 2. The third-order valence-electron chi connectivity index (χ3n) is 4.95. The molecule has 1 aromatic rings. The zero-order valence-electron chi connectivity index (χ0n) is 18.1. The number of esters is 2. The van der Waals surface area contributed by atoms with Crippen molar-refractivity contribution in [2.75, 3.05) is 6.61 Å². The van der Waals surface area contributed by atoms with Crippen LogP contribution in [0.5, 0.6) is 0 Å². The van der Waals surface area contributed by atoms with Gasteiger partial charge in [-0.15, -0.1) is 0 Å². The largest absolute Gasteiger partial charge is 0.458 e. The van der Waals surface area contributed by atoms with Crippen molar-refractivity contribution in [1.29, 1.82) is 0 Å². The summed E-state index contributed by atoms with van der Waals surface area (Å²) < 4.78 is 31.1. The fourth-order valence-electron chi connectivity index (χ4n) is 2.77. The molecule has 32 heavy (non-hydrogen) atoms. The van der Waals surface area contributed by atoms with E-state index in [1.807, 2.05) is 0 Å². The number of rotatable bonds is 8. The van der Waals surface area contributed by atoms with Gasteiger partial charge >= 0.3 is 17.6 Å². The monoisotopic (exact) mass is 461 g/mol. The molecule has 0 saturated carbocycles. The molecular weight excluding hydrogens is 433 g/mol. The van der Waals surface area contributed by atoms with Gasteiger partial charge in [0.15, 0.2) is 19.6 Å². The van der Waals surface area contributed by atoms with Crippen molar-refractivity contribution in [3.8, 4) is 0 Å². The molecule has 0 aliphatic carbocycles. The summed E-state index contributed by atoms with van der Waals surface area (Å²) in [5.74, 6) is -5.46. The Morgan fingerprint density at radius 2 is 1.84 bits per heavy atom. The Labute approximate surface area is 182 Å². The van der Waals surface area contributed by atoms with E-state index < -0.39 is 72.8 Å². The van der Waals surface area contributed by atoms with Gasteiger partial charge in [-0.2, -0.15) is 0 Å². The van der Waals surface area contributed by atoms with Gasteiger partial charge in [0.1, 0.15) is 18.2 Å². The van der Waals surface area contributed by atoms with Gasteiger partial charge in [0.05, 0.1) is 5.92 Å². The highest BCUT2D eigenvalue weighted by Crippen LogP contribution is 2.38. The minimum Gasteiger partial charge on any atom is -0.458 e. The first kappa shape index (κ1) is 25.6. The number of aliphatic hydroxyl groups is 2. The van der Waals surface area contributed by atoms with E-state index in [0.717, 1.165) is 12.3 Å². The SMILES string of the molecule is CC(C)C(=O)OCn1c(=O)ccn([C@@H]2O[C@](F)(COC(=O)[C@@H](N)C(C)C)[C@@H](O)[C@H]2O)c1=O. The molecule has 1 aliphatic heterocycles. The number of alkyl halides is 1. The van der Waals surface area contributed by atoms with E-state index in [9.17, 15) is 29.4 Å². The van der Waals surface area contributed by atoms with Crippen molar-refractivity contribution in [1.82, 2.24) is 9.13 Å². The predicted octanol–water partition coefficient (Wildman–Crippen LogP) is -1.39. The number of hydrogen-bond donors (Lipinski definition) is 3. The minimum absolute atomic E-state index is 0.296. The first-order valence-electron chi connectivity index (χ1n) is 9.94. The number of aliphatic hydroxyl groups excluding tert-OH is 2. The first-order valence-corrected chi connectivity index (χ1v) is 9.94. The van der Waals surface area contributed by atoms with Crippen LogP contribution in [-0.2, 0) is 30.5 Å². The molecule has 1 aliphatic rings. The summed E-state index contributed by atoms with van der Waals surface area (Å²) in [4.78, 5) is 48.2. The molecule has 1 fully saturated rings. The molecule has 180 valence electrons. The molecule has 5 atom stereocenters. The second-order valence-electron chi connectivity index (χ2n) is 8.13. The Hall–Kier alpha value is -2.61. The Morgan fingerprint density at radius 3 is 2.41 bits per heavy atom. The Bertz CT molecular complexity index is 960. The Morgan fingerprint density at radius 1 is 1.22 bits per heavy atom. The van der Waals surface area contributed by atoms with Crippen LogP contribution < -0.4 is 17.0 Å². The van der Waals surface area contributed by atoms with Gasteiger partial charge in [-0.1, -0.05) is 27.7 Å². The zero-order chi connectivity index (χ0) is 24.4. The van der Waals surface area contributed by atoms with Gasteiger partial charge in [-0.3, -0.25) is 19.0 Å². The van der Waals surface area contributed by atoms with E-state index in [2.05, 4.69) is 0 Å². The molecular formula is C19H28FN3O9. The topological polar surface area (TPSA) is 172 Å². The molecule has 0 unspecified atom stereocenters. The highest BCUT2D eigenvalue weighted by atomic mass is 19.2. The highest BCUT2D eigenvalue weighted by Gasteiger charge is 2.57. The van der Waals surface area contributed by atoms with Crippen LogP contribution in [0.15, 0.2) is 21.9 Å². The van der Waals surface area contributed by atoms with Crippen LogP contribution in [0, 0.1) is 11.8 Å². The quantitative estimate of drug-likeness (QED) is 0.391. The first-order chi connectivity index (χ1) is 14.8. The van der Waals surface area contributed by atoms with Gasteiger partial charge in [0, 0.05) is 12.3 Å². The molecule has 0 aromatic carbocycles. The van der Waals surface area contributed by atoms with Gasteiger partial charge in [-0.25, -0.2) is 13.8 Å². The van der Waals surface area contributed by atoms with E-state index in [-0.39, 0.29) is 5.92 Å². The Kier molecular flexibility index (Phi) is 7.93. The van der Waals surface area contributed by atoms with Crippen LogP contribution in [0.2, 0.25) is 0 Å². The number of aromatic nitrogens is 2. The number of hydrogen-bond acceptors (Lipinski definition) is 10. The molecule has 4 N–H and O–H groups in total. The second kappa shape index (κ2) is 9.90. The standard InChI is InChI=1S/C19H28FN3O9/c1-9(2)12(21)17(28)30-7-19(20)14(26)13(25)15(32-19)22-6-5-11(24)23(18(22)29)8-31-16(27)10(3)4/h5-6,9-10,12-15,25-26H,7-8,21H2,1-4H3/t12-,13+,14-,15+,19+/m0/s1. The number of nitrogens with zero attached hydrogens (tertiary/aromatic N) is 2. The molecule has 0 radical (unpaired) electrons. The van der Waals surface area contributed by atoms with Crippen molar-refractivity contribution in [3.05, 3.63) is 33.1 Å². The van der Waals surface area contributed by atoms with Crippen molar-refractivity contribution in [2.24, 2.45) is 17.6 Å². The lowest BCUT2D eigenvalue weighted by Crippen LogP contribution is -2.46.